The van der Waals surface area contributed by atoms with Gasteiger partial charge in [0, 0.05) is 0 Å². The summed E-state index contributed by atoms with van der Waals surface area (Å²) >= 11 is 0. The Morgan fingerprint density at radius 2 is 1.91 bits per heavy atom. The number of hydrogen-bond acceptors (Lipinski definition) is 5. The third kappa shape index (κ3) is 3.23. The molecule has 0 aliphatic carbocycles. The zero-order valence-corrected chi connectivity index (χ0v) is 12.3. The van der Waals surface area contributed by atoms with Crippen molar-refractivity contribution in [2.75, 3.05) is 0 Å². The van der Waals surface area contributed by atoms with Gasteiger partial charge in [-0.2, -0.15) is 4.68 Å². The van der Waals surface area contributed by atoms with Gasteiger partial charge in [0.2, 0.25) is 0 Å². The first kappa shape index (κ1) is 14.8. The molecule has 3 rings (SSSR count). The molecule has 3 aromatic rings. The van der Waals surface area contributed by atoms with Gasteiger partial charge in [0.25, 0.3) is 0 Å². The number of carbonyl (C=O) groups is 1. The summed E-state index contributed by atoms with van der Waals surface area (Å²) < 4.78 is 19.8. The molecule has 0 amide bonds. The molecule has 0 fully saturated rings. The highest BCUT2D eigenvalue weighted by molar-refractivity contribution is 5.93. The summed E-state index contributed by atoms with van der Waals surface area (Å²) in [4.78, 5) is 12.4. The van der Waals surface area contributed by atoms with E-state index in [4.69, 9.17) is 4.74 Å². The van der Waals surface area contributed by atoms with E-state index >= 15 is 0 Å². The van der Waals surface area contributed by atoms with Gasteiger partial charge in [0.1, 0.15) is 18.2 Å². The lowest BCUT2D eigenvalue weighted by molar-refractivity contribution is 0.0337. The minimum Gasteiger partial charge on any atom is -0.454 e. The Kier molecular flexibility index (Phi) is 4.09. The number of esters is 1. The van der Waals surface area contributed by atoms with Gasteiger partial charge in [0.15, 0.2) is 0 Å². The van der Waals surface area contributed by atoms with Crippen LogP contribution >= 0.6 is 0 Å². The molecule has 1 atom stereocenters. The van der Waals surface area contributed by atoms with Crippen molar-refractivity contribution in [3.05, 3.63) is 71.8 Å². The van der Waals surface area contributed by atoms with Gasteiger partial charge in [-0.05, 0) is 47.2 Å². The Bertz CT molecular complexity index is 803. The molecule has 0 saturated heterocycles. The second-order valence-electron chi connectivity index (χ2n) is 4.87. The highest BCUT2D eigenvalue weighted by Gasteiger charge is 2.18. The van der Waals surface area contributed by atoms with Crippen LogP contribution in [0.25, 0.3) is 5.69 Å². The third-order valence-corrected chi connectivity index (χ3v) is 3.34. The molecule has 0 bridgehead atoms. The van der Waals surface area contributed by atoms with E-state index in [1.807, 2.05) is 0 Å². The zero-order valence-electron chi connectivity index (χ0n) is 12.3. The first-order valence-corrected chi connectivity index (χ1v) is 6.94. The van der Waals surface area contributed by atoms with E-state index < -0.39 is 12.1 Å². The van der Waals surface area contributed by atoms with Crippen molar-refractivity contribution in [3.63, 3.8) is 0 Å². The lowest BCUT2D eigenvalue weighted by Gasteiger charge is -2.15. The van der Waals surface area contributed by atoms with E-state index in [-0.39, 0.29) is 5.82 Å². The van der Waals surface area contributed by atoms with Crippen LogP contribution in [0.4, 0.5) is 4.39 Å². The quantitative estimate of drug-likeness (QED) is 0.693. The lowest BCUT2D eigenvalue weighted by Crippen LogP contribution is -2.12. The molecule has 0 unspecified atom stereocenters. The first-order valence-electron chi connectivity index (χ1n) is 6.94. The number of benzene rings is 2. The number of nitrogens with zero attached hydrogens (tertiary/aromatic N) is 4. The Hall–Kier alpha value is -3.09. The molecule has 116 valence electrons. The van der Waals surface area contributed by atoms with E-state index in [1.54, 1.807) is 43.3 Å². The highest BCUT2D eigenvalue weighted by atomic mass is 19.1. The van der Waals surface area contributed by atoms with Crippen molar-refractivity contribution < 1.29 is 13.9 Å². The van der Waals surface area contributed by atoms with Crippen LogP contribution in [0.15, 0.2) is 54.9 Å². The Labute approximate surface area is 131 Å². The van der Waals surface area contributed by atoms with Gasteiger partial charge in [-0.25, -0.2) is 9.18 Å². The fourth-order valence-electron chi connectivity index (χ4n) is 2.14. The molecule has 1 heterocycles. The minimum atomic E-state index is -0.509. The Morgan fingerprint density at radius 1 is 1.17 bits per heavy atom. The van der Waals surface area contributed by atoms with Crippen LogP contribution in [0.2, 0.25) is 0 Å². The normalized spacial score (nSPS) is 11.9. The smallest absolute Gasteiger partial charge is 0.340 e. The number of halogens is 1. The predicted octanol–water partition coefficient (Wildman–Crippen LogP) is 2.72. The zero-order chi connectivity index (χ0) is 16.2. The van der Waals surface area contributed by atoms with Crippen molar-refractivity contribution in [2.45, 2.75) is 13.0 Å². The molecule has 1 aromatic heterocycles. The summed E-state index contributed by atoms with van der Waals surface area (Å²) in [5, 5.41) is 10.9. The first-order chi connectivity index (χ1) is 11.1. The molecule has 6 nitrogen and oxygen atoms in total. The molecule has 23 heavy (non-hydrogen) atoms. The average molecular weight is 312 g/mol. The monoisotopic (exact) mass is 312 g/mol. The average Bonchev–Trinajstić information content (AvgIpc) is 3.09. The number of carbonyl (C=O) groups excluding carboxylic acids is 1. The number of aromatic nitrogens is 4. The number of rotatable bonds is 4. The third-order valence-electron chi connectivity index (χ3n) is 3.34. The maximum Gasteiger partial charge on any atom is 0.340 e. The maximum atomic E-state index is 13.0. The largest absolute Gasteiger partial charge is 0.454 e. The summed E-state index contributed by atoms with van der Waals surface area (Å²) in [5.74, 6) is -0.843. The van der Waals surface area contributed by atoms with Gasteiger partial charge in [-0.15, -0.1) is 5.10 Å². The second-order valence-corrected chi connectivity index (χ2v) is 4.87. The van der Waals surface area contributed by atoms with Crippen molar-refractivity contribution in [1.82, 2.24) is 20.2 Å². The highest BCUT2D eigenvalue weighted by Crippen LogP contribution is 2.21. The lowest BCUT2D eigenvalue weighted by atomic mass is 10.1. The van der Waals surface area contributed by atoms with Gasteiger partial charge >= 0.3 is 5.97 Å². The summed E-state index contributed by atoms with van der Waals surface area (Å²) in [5.41, 5.74) is 1.57. The molecule has 0 saturated carbocycles. The van der Waals surface area contributed by atoms with Crippen molar-refractivity contribution in [2.24, 2.45) is 0 Å². The number of para-hydroxylation sites is 1. The summed E-state index contributed by atoms with van der Waals surface area (Å²) in [6.07, 6.45) is 0.889. The summed E-state index contributed by atoms with van der Waals surface area (Å²) in [7, 11) is 0. The molecule has 7 heteroatoms. The van der Waals surface area contributed by atoms with Gasteiger partial charge in [-0.3, -0.25) is 0 Å². The molecule has 0 radical (unpaired) electrons. The van der Waals surface area contributed by atoms with Crippen molar-refractivity contribution >= 4 is 5.97 Å². The number of tetrazole rings is 1. The van der Waals surface area contributed by atoms with Gasteiger partial charge < -0.3 is 4.74 Å². The number of ether oxygens (including phenoxy) is 1. The van der Waals surface area contributed by atoms with Crippen LogP contribution in [0.5, 0.6) is 0 Å². The summed E-state index contributed by atoms with van der Waals surface area (Å²) in [6.45, 7) is 1.73. The SMILES string of the molecule is C[C@H](OC(=O)c1ccccc1-n1cnnn1)c1ccc(F)cc1. The van der Waals surface area contributed by atoms with E-state index in [1.165, 1.54) is 23.1 Å². The summed E-state index contributed by atoms with van der Waals surface area (Å²) in [6, 6.07) is 12.7. The van der Waals surface area contributed by atoms with Crippen LogP contribution in [-0.2, 0) is 4.74 Å². The Morgan fingerprint density at radius 3 is 2.61 bits per heavy atom. The van der Waals surface area contributed by atoms with Crippen LogP contribution in [0.1, 0.15) is 28.9 Å². The molecule has 0 aliphatic rings. The number of hydrogen-bond donors (Lipinski definition) is 0. The van der Waals surface area contributed by atoms with E-state index in [2.05, 4.69) is 15.5 Å². The second kappa shape index (κ2) is 6.35. The van der Waals surface area contributed by atoms with Crippen molar-refractivity contribution in [3.8, 4) is 5.69 Å². The fraction of sp³-hybridized carbons (Fsp3) is 0.125. The topological polar surface area (TPSA) is 69.9 Å². The molecule has 0 spiro atoms. The van der Waals surface area contributed by atoms with Crippen molar-refractivity contribution in [1.29, 1.82) is 0 Å². The minimum absolute atomic E-state index is 0.337. The Balaban J connectivity index is 1.83. The maximum absolute atomic E-state index is 13.0. The molecule has 2 aromatic carbocycles. The molecule has 0 N–H and O–H groups in total. The van der Waals surface area contributed by atoms with Gasteiger partial charge in [-0.1, -0.05) is 24.3 Å². The molecular formula is C16H13FN4O2. The standard InChI is InChI=1S/C16H13FN4O2/c1-11(12-6-8-13(17)9-7-12)23-16(22)14-4-2-3-5-15(14)21-10-18-19-20-21/h2-11H,1H3/t11-/m0/s1. The van der Waals surface area contributed by atoms with Gasteiger partial charge in [0.05, 0.1) is 11.3 Å². The van der Waals surface area contributed by atoms with Crippen LogP contribution in [-0.4, -0.2) is 26.2 Å². The van der Waals surface area contributed by atoms with Crippen LogP contribution in [0.3, 0.4) is 0 Å². The van der Waals surface area contributed by atoms with E-state index in [0.717, 1.165) is 0 Å². The van der Waals surface area contributed by atoms with Crippen LogP contribution in [0, 0.1) is 5.82 Å². The molecular weight excluding hydrogens is 299 g/mol. The van der Waals surface area contributed by atoms with E-state index in [9.17, 15) is 9.18 Å². The fourth-order valence-corrected chi connectivity index (χ4v) is 2.14. The van der Waals surface area contributed by atoms with E-state index in [0.29, 0.717) is 16.8 Å². The van der Waals surface area contributed by atoms with Crippen LogP contribution < -0.4 is 0 Å². The predicted molar refractivity (Wildman–Crippen MR) is 79.4 cm³/mol. The molecule has 0 aliphatic heterocycles.